The highest BCUT2D eigenvalue weighted by atomic mass is 19.1. The van der Waals surface area contributed by atoms with E-state index < -0.39 is 23.6 Å². The molecule has 0 spiro atoms. The Hall–Kier alpha value is -3.07. The van der Waals surface area contributed by atoms with Crippen molar-refractivity contribution in [2.75, 3.05) is 24.7 Å². The molecule has 1 N–H and O–H groups in total. The summed E-state index contributed by atoms with van der Waals surface area (Å²) in [6.45, 7) is 0.962. The number of benzene rings is 1. The molecule has 1 fully saturated rings. The number of rotatable bonds is 3. The van der Waals surface area contributed by atoms with Gasteiger partial charge in [-0.05, 0) is 24.3 Å². The van der Waals surface area contributed by atoms with Gasteiger partial charge in [0.15, 0.2) is 5.65 Å². The van der Waals surface area contributed by atoms with Crippen molar-refractivity contribution < 1.29 is 23.4 Å². The van der Waals surface area contributed by atoms with Gasteiger partial charge >= 0.3 is 5.97 Å². The second kappa shape index (κ2) is 6.34. The van der Waals surface area contributed by atoms with Gasteiger partial charge in [-0.3, -0.25) is 0 Å². The fraction of sp³-hybridized carbons (Fsp3) is 0.235. The van der Waals surface area contributed by atoms with Crippen LogP contribution in [-0.4, -0.2) is 45.4 Å². The SMILES string of the molecule is O=C(O)c1cnn2ccc(N3CCOCC3c3cc(F)ccc3F)nc12. The Morgan fingerprint density at radius 2 is 2.15 bits per heavy atom. The molecule has 26 heavy (non-hydrogen) atoms. The Bertz CT molecular complexity index is 991. The molecule has 3 aromatic rings. The number of aromatic carboxylic acids is 1. The lowest BCUT2D eigenvalue weighted by Crippen LogP contribution is -2.40. The number of carboxylic acids is 1. The zero-order chi connectivity index (χ0) is 18.3. The number of hydrogen-bond acceptors (Lipinski definition) is 5. The first-order valence-corrected chi connectivity index (χ1v) is 7.91. The van der Waals surface area contributed by atoms with Gasteiger partial charge in [0.25, 0.3) is 0 Å². The molecule has 1 aliphatic rings. The maximum Gasteiger partial charge on any atom is 0.341 e. The van der Waals surface area contributed by atoms with Crippen molar-refractivity contribution in [2.24, 2.45) is 0 Å². The maximum absolute atomic E-state index is 14.3. The molecule has 7 nitrogen and oxygen atoms in total. The Balaban J connectivity index is 1.79. The van der Waals surface area contributed by atoms with Gasteiger partial charge in [-0.15, -0.1) is 0 Å². The van der Waals surface area contributed by atoms with Crippen LogP contribution in [0.1, 0.15) is 22.0 Å². The fourth-order valence-corrected chi connectivity index (χ4v) is 3.08. The van der Waals surface area contributed by atoms with Crippen LogP contribution in [0.3, 0.4) is 0 Å². The Morgan fingerprint density at radius 1 is 1.31 bits per heavy atom. The van der Waals surface area contributed by atoms with Crippen molar-refractivity contribution in [3.63, 3.8) is 0 Å². The van der Waals surface area contributed by atoms with E-state index in [1.165, 1.54) is 10.7 Å². The summed E-state index contributed by atoms with van der Waals surface area (Å²) in [5, 5.41) is 13.2. The first-order chi connectivity index (χ1) is 12.5. The lowest BCUT2D eigenvalue weighted by molar-refractivity contribution is 0.0698. The molecular weight excluding hydrogens is 346 g/mol. The summed E-state index contributed by atoms with van der Waals surface area (Å²) >= 11 is 0. The number of nitrogens with zero attached hydrogens (tertiary/aromatic N) is 4. The molecule has 4 rings (SSSR count). The number of ether oxygens (including phenoxy) is 1. The highest BCUT2D eigenvalue weighted by Crippen LogP contribution is 2.31. The summed E-state index contributed by atoms with van der Waals surface area (Å²) in [7, 11) is 0. The number of carboxylic acid groups (broad SMARTS) is 1. The van der Waals surface area contributed by atoms with Crippen LogP contribution >= 0.6 is 0 Å². The standard InChI is InChI=1S/C17H14F2N4O3/c18-10-1-2-13(19)11(7-10)14-9-26-6-5-22(14)15-3-4-23-16(21-15)12(8-20-23)17(24)25/h1-4,7-8,14H,5-6,9H2,(H,24,25). The predicted octanol–water partition coefficient (Wildman–Crippen LogP) is 2.28. The largest absolute Gasteiger partial charge is 0.477 e. The Kier molecular flexibility index (Phi) is 4.00. The first kappa shape index (κ1) is 16.4. The molecule has 0 bridgehead atoms. The van der Waals surface area contributed by atoms with Crippen molar-refractivity contribution in [2.45, 2.75) is 6.04 Å². The van der Waals surface area contributed by atoms with Crippen molar-refractivity contribution in [3.05, 3.63) is 59.4 Å². The lowest BCUT2D eigenvalue weighted by Gasteiger charge is -2.36. The number of fused-ring (bicyclic) bond motifs is 1. The minimum Gasteiger partial charge on any atom is -0.477 e. The smallest absolute Gasteiger partial charge is 0.341 e. The molecule has 1 unspecified atom stereocenters. The van der Waals surface area contributed by atoms with Gasteiger partial charge in [-0.1, -0.05) is 0 Å². The molecule has 1 atom stereocenters. The highest BCUT2D eigenvalue weighted by Gasteiger charge is 2.29. The van der Waals surface area contributed by atoms with E-state index in [0.29, 0.717) is 19.0 Å². The fourth-order valence-electron chi connectivity index (χ4n) is 3.08. The average molecular weight is 360 g/mol. The van der Waals surface area contributed by atoms with Crippen LogP contribution in [0, 0.1) is 11.6 Å². The third-order valence-corrected chi connectivity index (χ3v) is 4.32. The molecule has 3 heterocycles. The minimum atomic E-state index is -1.14. The van der Waals surface area contributed by atoms with Crippen molar-refractivity contribution in [1.82, 2.24) is 14.6 Å². The number of aromatic nitrogens is 3. The molecular formula is C17H14F2N4O3. The average Bonchev–Trinajstić information content (AvgIpc) is 3.07. The molecule has 2 aromatic heterocycles. The molecule has 1 saturated heterocycles. The number of anilines is 1. The number of hydrogen-bond donors (Lipinski definition) is 1. The van der Waals surface area contributed by atoms with Gasteiger partial charge in [0.2, 0.25) is 0 Å². The third-order valence-electron chi connectivity index (χ3n) is 4.32. The van der Waals surface area contributed by atoms with Crippen LogP contribution in [0.4, 0.5) is 14.6 Å². The number of carbonyl (C=O) groups is 1. The molecule has 9 heteroatoms. The summed E-state index contributed by atoms with van der Waals surface area (Å²) < 4.78 is 34.7. The van der Waals surface area contributed by atoms with E-state index in [2.05, 4.69) is 10.1 Å². The molecule has 0 aliphatic carbocycles. The van der Waals surface area contributed by atoms with E-state index in [1.54, 1.807) is 17.2 Å². The second-order valence-corrected chi connectivity index (χ2v) is 5.87. The molecule has 0 saturated carbocycles. The van der Waals surface area contributed by atoms with Crippen LogP contribution < -0.4 is 4.90 Å². The minimum absolute atomic E-state index is 0.0337. The third kappa shape index (κ3) is 2.76. The van der Waals surface area contributed by atoms with Crippen LogP contribution in [0.2, 0.25) is 0 Å². The Labute approximate surface area is 146 Å². The number of halogens is 2. The van der Waals surface area contributed by atoms with Crippen molar-refractivity contribution >= 4 is 17.4 Å². The summed E-state index contributed by atoms with van der Waals surface area (Å²) in [4.78, 5) is 17.5. The molecule has 0 radical (unpaired) electrons. The van der Waals surface area contributed by atoms with E-state index in [4.69, 9.17) is 4.74 Å². The topological polar surface area (TPSA) is 80.0 Å². The molecule has 134 valence electrons. The molecule has 0 amide bonds. The zero-order valence-corrected chi connectivity index (χ0v) is 13.5. The summed E-state index contributed by atoms with van der Waals surface area (Å²) in [5.74, 6) is -1.78. The van der Waals surface area contributed by atoms with Crippen LogP contribution in [0.5, 0.6) is 0 Å². The highest BCUT2D eigenvalue weighted by molar-refractivity contribution is 5.94. The number of morpholine rings is 1. The van der Waals surface area contributed by atoms with Gasteiger partial charge in [-0.2, -0.15) is 5.10 Å². The summed E-state index contributed by atoms with van der Waals surface area (Å²) in [6, 6.07) is 4.35. The maximum atomic E-state index is 14.3. The van der Waals surface area contributed by atoms with Gasteiger partial charge in [0, 0.05) is 18.3 Å². The van der Waals surface area contributed by atoms with E-state index in [9.17, 15) is 18.7 Å². The summed E-state index contributed by atoms with van der Waals surface area (Å²) in [6.07, 6.45) is 2.80. The summed E-state index contributed by atoms with van der Waals surface area (Å²) in [5.41, 5.74) is 0.312. The predicted molar refractivity (Wildman–Crippen MR) is 87.2 cm³/mol. The quantitative estimate of drug-likeness (QED) is 0.772. The van der Waals surface area contributed by atoms with Gasteiger partial charge < -0.3 is 14.7 Å². The van der Waals surface area contributed by atoms with Crippen molar-refractivity contribution in [1.29, 1.82) is 0 Å². The van der Waals surface area contributed by atoms with Crippen molar-refractivity contribution in [3.8, 4) is 0 Å². The monoisotopic (exact) mass is 360 g/mol. The van der Waals surface area contributed by atoms with E-state index in [1.807, 2.05) is 0 Å². The van der Waals surface area contributed by atoms with Gasteiger partial charge in [-0.25, -0.2) is 23.1 Å². The van der Waals surface area contributed by atoms with E-state index >= 15 is 0 Å². The molecule has 1 aromatic carbocycles. The van der Waals surface area contributed by atoms with Gasteiger partial charge in [0.05, 0.1) is 25.5 Å². The normalized spacial score (nSPS) is 17.6. The van der Waals surface area contributed by atoms with E-state index in [-0.39, 0.29) is 23.4 Å². The van der Waals surface area contributed by atoms with Crippen LogP contribution in [0.15, 0.2) is 36.7 Å². The van der Waals surface area contributed by atoms with E-state index in [0.717, 1.165) is 18.2 Å². The van der Waals surface area contributed by atoms with Gasteiger partial charge in [0.1, 0.15) is 23.0 Å². The second-order valence-electron chi connectivity index (χ2n) is 5.87. The zero-order valence-electron chi connectivity index (χ0n) is 13.5. The lowest BCUT2D eigenvalue weighted by atomic mass is 10.0. The first-order valence-electron chi connectivity index (χ1n) is 7.91. The molecule has 1 aliphatic heterocycles. The van der Waals surface area contributed by atoms with Crippen LogP contribution in [0.25, 0.3) is 5.65 Å². The van der Waals surface area contributed by atoms with Crippen LogP contribution in [-0.2, 0) is 4.74 Å². The Morgan fingerprint density at radius 3 is 2.96 bits per heavy atom.